The summed E-state index contributed by atoms with van der Waals surface area (Å²) >= 11 is 0. The number of phenolic OH excluding ortho intramolecular Hbond substituents is 2. The molecule has 0 aromatic heterocycles. The third-order valence-corrected chi connectivity index (χ3v) is 3.07. The van der Waals surface area contributed by atoms with E-state index in [1.54, 1.807) is 4.90 Å². The Hall–Kier alpha value is -1.75. The predicted molar refractivity (Wildman–Crippen MR) is 67.7 cm³/mol. The predicted octanol–water partition coefficient (Wildman–Crippen LogP) is 0.920. The van der Waals surface area contributed by atoms with Crippen LogP contribution in [0.3, 0.4) is 0 Å². The Labute approximate surface area is 106 Å². The van der Waals surface area contributed by atoms with Gasteiger partial charge in [0.2, 0.25) is 0 Å². The molecule has 1 aliphatic rings. The van der Waals surface area contributed by atoms with E-state index in [1.807, 2.05) is 13.8 Å². The van der Waals surface area contributed by atoms with Gasteiger partial charge in [-0.1, -0.05) is 0 Å². The summed E-state index contributed by atoms with van der Waals surface area (Å²) in [6.07, 6.45) is 0. The third kappa shape index (κ3) is 2.56. The van der Waals surface area contributed by atoms with Crippen molar-refractivity contribution < 1.29 is 15.0 Å². The zero-order valence-electron chi connectivity index (χ0n) is 10.6. The highest BCUT2D eigenvalue weighted by Crippen LogP contribution is 2.25. The van der Waals surface area contributed by atoms with E-state index in [2.05, 4.69) is 5.32 Å². The molecule has 2 rings (SSSR count). The van der Waals surface area contributed by atoms with E-state index in [-0.39, 0.29) is 29.5 Å². The number of aromatic hydroxyl groups is 2. The van der Waals surface area contributed by atoms with Gasteiger partial charge in [0, 0.05) is 30.7 Å². The molecule has 0 aliphatic carbocycles. The number of benzene rings is 1. The Kier molecular flexibility index (Phi) is 3.43. The fourth-order valence-corrected chi connectivity index (χ4v) is 2.33. The molecule has 0 spiro atoms. The van der Waals surface area contributed by atoms with Crippen molar-refractivity contribution in [3.8, 4) is 11.5 Å². The van der Waals surface area contributed by atoms with Gasteiger partial charge in [0.15, 0.2) is 11.5 Å². The van der Waals surface area contributed by atoms with Gasteiger partial charge < -0.3 is 20.4 Å². The Morgan fingerprint density at radius 3 is 2.39 bits per heavy atom. The lowest BCUT2D eigenvalue weighted by Gasteiger charge is -2.36. The monoisotopic (exact) mass is 250 g/mol. The Morgan fingerprint density at radius 1 is 1.22 bits per heavy atom. The van der Waals surface area contributed by atoms with Gasteiger partial charge in [-0.05, 0) is 32.0 Å². The fraction of sp³-hybridized carbons (Fsp3) is 0.462. The molecule has 2 unspecified atom stereocenters. The molecular formula is C13H18N2O3. The summed E-state index contributed by atoms with van der Waals surface area (Å²) in [5.41, 5.74) is 0.395. The van der Waals surface area contributed by atoms with E-state index in [4.69, 9.17) is 0 Å². The molecule has 1 aliphatic heterocycles. The number of hydrogen-bond acceptors (Lipinski definition) is 4. The molecule has 3 N–H and O–H groups in total. The molecule has 18 heavy (non-hydrogen) atoms. The zero-order valence-corrected chi connectivity index (χ0v) is 10.6. The molecule has 5 nitrogen and oxygen atoms in total. The summed E-state index contributed by atoms with van der Waals surface area (Å²) in [7, 11) is 0. The molecule has 1 aromatic rings. The average Bonchev–Trinajstić information content (AvgIpc) is 2.30. The SMILES string of the molecule is CC1CN(C(=O)c2ccc(O)c(O)c2)CC(C)N1. The number of carbonyl (C=O) groups is 1. The number of phenols is 2. The van der Waals surface area contributed by atoms with E-state index in [9.17, 15) is 15.0 Å². The minimum atomic E-state index is -0.267. The molecule has 1 saturated heterocycles. The molecule has 2 atom stereocenters. The first kappa shape index (κ1) is 12.7. The van der Waals surface area contributed by atoms with Crippen molar-refractivity contribution >= 4 is 5.91 Å². The van der Waals surface area contributed by atoms with E-state index >= 15 is 0 Å². The van der Waals surface area contributed by atoms with Gasteiger partial charge >= 0.3 is 0 Å². The van der Waals surface area contributed by atoms with Crippen LogP contribution in [0.15, 0.2) is 18.2 Å². The van der Waals surface area contributed by atoms with Crippen molar-refractivity contribution in [1.82, 2.24) is 10.2 Å². The first-order valence-corrected chi connectivity index (χ1v) is 6.04. The van der Waals surface area contributed by atoms with Crippen LogP contribution in [0, 0.1) is 0 Å². The molecule has 98 valence electrons. The molecule has 1 heterocycles. The number of carbonyl (C=O) groups excluding carboxylic acids is 1. The minimum Gasteiger partial charge on any atom is -0.504 e. The van der Waals surface area contributed by atoms with Gasteiger partial charge in [-0.2, -0.15) is 0 Å². The number of nitrogens with zero attached hydrogens (tertiary/aromatic N) is 1. The quantitative estimate of drug-likeness (QED) is 0.648. The summed E-state index contributed by atoms with van der Waals surface area (Å²) in [6, 6.07) is 4.66. The highest BCUT2D eigenvalue weighted by atomic mass is 16.3. The van der Waals surface area contributed by atoms with Crippen LogP contribution in [0.1, 0.15) is 24.2 Å². The molecule has 1 fully saturated rings. The maximum Gasteiger partial charge on any atom is 0.254 e. The van der Waals surface area contributed by atoms with E-state index in [0.717, 1.165) is 0 Å². The molecule has 1 aromatic carbocycles. The summed E-state index contributed by atoms with van der Waals surface area (Å²) in [5.74, 6) is -0.601. The zero-order chi connectivity index (χ0) is 13.3. The first-order valence-electron chi connectivity index (χ1n) is 6.04. The standard InChI is InChI=1S/C13H18N2O3/c1-8-6-15(7-9(2)14-8)13(18)10-3-4-11(16)12(17)5-10/h3-5,8-9,14,16-17H,6-7H2,1-2H3. The highest BCUT2D eigenvalue weighted by Gasteiger charge is 2.25. The van der Waals surface area contributed by atoms with Crippen molar-refractivity contribution in [1.29, 1.82) is 0 Å². The van der Waals surface area contributed by atoms with E-state index in [1.165, 1.54) is 18.2 Å². The largest absolute Gasteiger partial charge is 0.504 e. The topological polar surface area (TPSA) is 72.8 Å². The Balaban J connectivity index is 2.17. The smallest absolute Gasteiger partial charge is 0.254 e. The first-order chi connectivity index (χ1) is 8.47. The molecule has 0 bridgehead atoms. The molecule has 5 heteroatoms. The maximum atomic E-state index is 12.3. The van der Waals surface area contributed by atoms with Crippen molar-refractivity contribution in [3.05, 3.63) is 23.8 Å². The van der Waals surface area contributed by atoms with Crippen LogP contribution in [0.2, 0.25) is 0 Å². The van der Waals surface area contributed by atoms with Crippen LogP contribution >= 0.6 is 0 Å². The second-order valence-corrected chi connectivity index (χ2v) is 4.88. The third-order valence-electron chi connectivity index (χ3n) is 3.07. The maximum absolute atomic E-state index is 12.3. The number of hydrogen-bond donors (Lipinski definition) is 3. The molecule has 0 radical (unpaired) electrons. The molecule has 0 saturated carbocycles. The highest BCUT2D eigenvalue weighted by molar-refractivity contribution is 5.95. The number of amides is 1. The lowest BCUT2D eigenvalue weighted by atomic mass is 10.1. The van der Waals surface area contributed by atoms with Crippen molar-refractivity contribution in [2.45, 2.75) is 25.9 Å². The number of nitrogens with one attached hydrogen (secondary N) is 1. The van der Waals surface area contributed by atoms with Crippen LogP contribution < -0.4 is 5.32 Å². The fourth-order valence-electron chi connectivity index (χ4n) is 2.33. The number of piperazine rings is 1. The average molecular weight is 250 g/mol. The van der Waals surface area contributed by atoms with Gasteiger partial charge in [-0.25, -0.2) is 0 Å². The summed E-state index contributed by atoms with van der Waals surface area (Å²) < 4.78 is 0. The molecule has 1 amide bonds. The summed E-state index contributed by atoms with van der Waals surface area (Å²) in [6.45, 7) is 5.35. The van der Waals surface area contributed by atoms with Gasteiger partial charge in [-0.15, -0.1) is 0 Å². The van der Waals surface area contributed by atoms with Gasteiger partial charge in [0.1, 0.15) is 0 Å². The van der Waals surface area contributed by atoms with Crippen LogP contribution in [-0.2, 0) is 0 Å². The summed E-state index contributed by atoms with van der Waals surface area (Å²) in [4.78, 5) is 14.0. The molecular weight excluding hydrogens is 232 g/mol. The van der Waals surface area contributed by atoms with Crippen molar-refractivity contribution in [2.24, 2.45) is 0 Å². The van der Waals surface area contributed by atoms with Crippen molar-refractivity contribution in [2.75, 3.05) is 13.1 Å². The van der Waals surface area contributed by atoms with Crippen LogP contribution in [-0.4, -0.2) is 46.2 Å². The Morgan fingerprint density at radius 2 is 1.83 bits per heavy atom. The van der Waals surface area contributed by atoms with Gasteiger partial charge in [0.25, 0.3) is 5.91 Å². The van der Waals surface area contributed by atoms with Crippen LogP contribution in [0.4, 0.5) is 0 Å². The summed E-state index contributed by atoms with van der Waals surface area (Å²) in [5, 5.41) is 22.0. The normalized spacial score (nSPS) is 24.0. The lowest BCUT2D eigenvalue weighted by Crippen LogP contribution is -2.55. The lowest BCUT2D eigenvalue weighted by molar-refractivity contribution is 0.0673. The Bertz CT molecular complexity index is 452. The number of rotatable bonds is 1. The second-order valence-electron chi connectivity index (χ2n) is 4.88. The van der Waals surface area contributed by atoms with Crippen molar-refractivity contribution in [3.63, 3.8) is 0 Å². The minimum absolute atomic E-state index is 0.120. The second kappa shape index (κ2) is 4.86. The van der Waals surface area contributed by atoms with E-state index < -0.39 is 0 Å². The van der Waals surface area contributed by atoms with E-state index in [0.29, 0.717) is 18.7 Å². The van der Waals surface area contributed by atoms with Gasteiger partial charge in [0.05, 0.1) is 0 Å². The van der Waals surface area contributed by atoms with Crippen LogP contribution in [0.5, 0.6) is 11.5 Å². The van der Waals surface area contributed by atoms with Crippen LogP contribution in [0.25, 0.3) is 0 Å². The van der Waals surface area contributed by atoms with Gasteiger partial charge in [-0.3, -0.25) is 4.79 Å².